The summed E-state index contributed by atoms with van der Waals surface area (Å²) in [6, 6.07) is 0. The van der Waals surface area contributed by atoms with Gasteiger partial charge in [-0.3, -0.25) is 4.79 Å². The lowest BCUT2D eigenvalue weighted by Gasteiger charge is -2.73. The van der Waals surface area contributed by atoms with Crippen LogP contribution >= 0.6 is 0 Å². The van der Waals surface area contributed by atoms with Gasteiger partial charge in [-0.1, -0.05) is 41.5 Å². The van der Waals surface area contributed by atoms with Crippen LogP contribution in [0.3, 0.4) is 0 Å². The Hall–Kier alpha value is -0.770. The molecular weight excluding hydrogens is 548 g/mol. The smallest absolute Gasteiger partial charge is 0.309 e. The number of aliphatic hydroxyl groups is 4. The van der Waals surface area contributed by atoms with Crippen molar-refractivity contribution in [3.05, 3.63) is 0 Å². The Kier molecular flexibility index (Phi) is 7.76. The second-order valence-electron chi connectivity index (χ2n) is 17.7. The topological polar surface area (TPSA) is 137 Å². The summed E-state index contributed by atoms with van der Waals surface area (Å²) in [6.45, 7) is 14.2. The van der Waals surface area contributed by atoms with Crippen molar-refractivity contribution in [1.82, 2.24) is 0 Å². The van der Waals surface area contributed by atoms with Crippen LogP contribution < -0.4 is 0 Å². The Morgan fingerprint density at radius 2 is 1.49 bits per heavy atom. The predicted molar refractivity (Wildman–Crippen MR) is 161 cm³/mol. The SMILES string of the molecule is CC1(C)CCC2(C(=O)O)CCC3(C)C(CCC4C5(C)CCC(OC6OCC(O)C(O)C6O)C(C)(CO)C5CCC43C)C2C1. The van der Waals surface area contributed by atoms with E-state index in [0.717, 1.165) is 70.6 Å². The van der Waals surface area contributed by atoms with Gasteiger partial charge in [-0.15, -0.1) is 0 Å². The molecule has 0 aromatic heterocycles. The van der Waals surface area contributed by atoms with E-state index in [0.29, 0.717) is 11.8 Å². The summed E-state index contributed by atoms with van der Waals surface area (Å²) in [5, 5.41) is 52.4. The van der Waals surface area contributed by atoms with E-state index in [-0.39, 0.29) is 52.8 Å². The average Bonchev–Trinajstić information content (AvgIpc) is 2.94. The molecule has 6 fully saturated rings. The van der Waals surface area contributed by atoms with Crippen molar-refractivity contribution in [2.24, 2.45) is 56.2 Å². The minimum Gasteiger partial charge on any atom is -0.481 e. The fraction of sp³-hybridized carbons (Fsp3) is 0.971. The molecule has 246 valence electrons. The fourth-order valence-corrected chi connectivity index (χ4v) is 12.7. The molecule has 1 heterocycles. The van der Waals surface area contributed by atoms with E-state index in [2.05, 4.69) is 41.5 Å². The van der Waals surface area contributed by atoms with E-state index >= 15 is 0 Å². The number of hydrogen-bond donors (Lipinski definition) is 5. The minimum absolute atomic E-state index is 0.00671. The van der Waals surface area contributed by atoms with E-state index in [9.17, 15) is 30.3 Å². The summed E-state index contributed by atoms with van der Waals surface area (Å²) in [4.78, 5) is 12.9. The van der Waals surface area contributed by atoms with Gasteiger partial charge in [0.25, 0.3) is 0 Å². The maximum atomic E-state index is 12.9. The van der Waals surface area contributed by atoms with E-state index in [1.54, 1.807) is 0 Å². The Labute approximate surface area is 257 Å². The van der Waals surface area contributed by atoms with E-state index in [1.165, 1.54) is 0 Å². The number of ether oxygens (including phenoxy) is 2. The van der Waals surface area contributed by atoms with Gasteiger partial charge in [0.05, 0.1) is 24.7 Å². The van der Waals surface area contributed by atoms with Crippen LogP contribution in [0.25, 0.3) is 0 Å². The molecule has 8 heteroatoms. The molecular formula is C35H58O8. The van der Waals surface area contributed by atoms with Gasteiger partial charge in [0.1, 0.15) is 18.3 Å². The monoisotopic (exact) mass is 606 g/mol. The zero-order chi connectivity index (χ0) is 31.4. The summed E-state index contributed by atoms with van der Waals surface area (Å²) in [7, 11) is 0. The molecule has 5 N–H and O–H groups in total. The van der Waals surface area contributed by atoms with Gasteiger partial charge in [0.2, 0.25) is 0 Å². The highest BCUT2D eigenvalue weighted by Crippen LogP contribution is 2.77. The highest BCUT2D eigenvalue weighted by molar-refractivity contribution is 5.75. The van der Waals surface area contributed by atoms with Crippen molar-refractivity contribution in [1.29, 1.82) is 0 Å². The molecule has 0 radical (unpaired) electrons. The molecule has 14 atom stereocenters. The standard InChI is InChI=1S/C35H58O8/c1-30(2)13-15-35(29(40)41)16-14-33(5)20(21(35)17-30)7-8-24-31(3)11-10-25(43-28-27(39)26(38)22(37)18-42-28)32(4,19-36)23(31)9-12-34(24,33)6/h20-28,36-39H,7-19H2,1-6H3,(H,40,41). The number of fused-ring (bicyclic) bond motifs is 7. The predicted octanol–water partition coefficient (Wildman–Crippen LogP) is 4.75. The molecule has 0 aromatic carbocycles. The summed E-state index contributed by atoms with van der Waals surface area (Å²) in [5.41, 5.74) is -0.804. The lowest BCUT2D eigenvalue weighted by Crippen LogP contribution is -2.68. The van der Waals surface area contributed by atoms with Crippen molar-refractivity contribution in [2.45, 2.75) is 143 Å². The van der Waals surface area contributed by atoms with Gasteiger partial charge in [-0.25, -0.2) is 0 Å². The van der Waals surface area contributed by atoms with Crippen LogP contribution in [0, 0.1) is 56.2 Å². The van der Waals surface area contributed by atoms with E-state index in [4.69, 9.17) is 9.47 Å². The molecule has 8 nitrogen and oxygen atoms in total. The van der Waals surface area contributed by atoms with Gasteiger partial charge >= 0.3 is 5.97 Å². The molecule has 43 heavy (non-hydrogen) atoms. The number of aliphatic carboxylic acids is 1. The molecule has 0 amide bonds. The number of rotatable bonds is 4. The molecule has 0 bridgehead atoms. The van der Waals surface area contributed by atoms with Crippen LogP contribution in [0.4, 0.5) is 0 Å². The van der Waals surface area contributed by atoms with Gasteiger partial charge < -0.3 is 35.0 Å². The molecule has 5 saturated carbocycles. The first-order valence-corrected chi connectivity index (χ1v) is 17.1. The van der Waals surface area contributed by atoms with Crippen LogP contribution in [-0.4, -0.2) is 75.4 Å². The third-order valence-electron chi connectivity index (χ3n) is 15.5. The number of carbonyl (C=O) groups is 1. The van der Waals surface area contributed by atoms with E-state index < -0.39 is 41.4 Å². The summed E-state index contributed by atoms with van der Waals surface area (Å²) in [6.07, 6.45) is 5.21. The second kappa shape index (κ2) is 10.4. The summed E-state index contributed by atoms with van der Waals surface area (Å²) < 4.78 is 12.0. The molecule has 6 rings (SSSR count). The fourth-order valence-electron chi connectivity index (χ4n) is 12.7. The van der Waals surface area contributed by atoms with Gasteiger partial charge in [-0.2, -0.15) is 0 Å². The lowest BCUT2D eigenvalue weighted by atomic mass is 9.31. The molecule has 1 aliphatic heterocycles. The highest BCUT2D eigenvalue weighted by atomic mass is 16.7. The largest absolute Gasteiger partial charge is 0.481 e. The average molecular weight is 607 g/mol. The lowest BCUT2D eigenvalue weighted by molar-refractivity contribution is -0.316. The molecule has 6 aliphatic rings. The Morgan fingerprint density at radius 1 is 0.791 bits per heavy atom. The van der Waals surface area contributed by atoms with Gasteiger partial charge in [-0.05, 0) is 116 Å². The Balaban J connectivity index is 1.29. The molecule has 5 aliphatic carbocycles. The van der Waals surface area contributed by atoms with Gasteiger partial charge in [0, 0.05) is 5.41 Å². The summed E-state index contributed by atoms with van der Waals surface area (Å²) >= 11 is 0. The van der Waals surface area contributed by atoms with Crippen molar-refractivity contribution >= 4 is 5.97 Å². The van der Waals surface area contributed by atoms with Crippen LogP contribution in [0.15, 0.2) is 0 Å². The quantitative estimate of drug-likeness (QED) is 0.289. The minimum atomic E-state index is -1.35. The maximum absolute atomic E-state index is 12.9. The Morgan fingerprint density at radius 3 is 2.16 bits per heavy atom. The zero-order valence-corrected chi connectivity index (χ0v) is 27.3. The highest BCUT2D eigenvalue weighted by Gasteiger charge is 2.71. The van der Waals surface area contributed by atoms with Crippen molar-refractivity contribution < 1.29 is 39.8 Å². The molecule has 1 saturated heterocycles. The van der Waals surface area contributed by atoms with Gasteiger partial charge in [0.15, 0.2) is 6.29 Å². The normalized spacial score (nSPS) is 56.2. The van der Waals surface area contributed by atoms with Crippen molar-refractivity contribution in [2.75, 3.05) is 13.2 Å². The van der Waals surface area contributed by atoms with Crippen molar-refractivity contribution in [3.63, 3.8) is 0 Å². The molecule has 0 aromatic rings. The number of carboxylic acids is 1. The first-order chi connectivity index (χ1) is 20.0. The molecule has 14 unspecified atom stereocenters. The first-order valence-electron chi connectivity index (χ1n) is 17.1. The third kappa shape index (κ3) is 4.39. The zero-order valence-electron chi connectivity index (χ0n) is 27.3. The third-order valence-corrected chi connectivity index (χ3v) is 15.5. The van der Waals surface area contributed by atoms with Crippen LogP contribution in [0.1, 0.15) is 112 Å². The Bertz CT molecular complexity index is 1100. The van der Waals surface area contributed by atoms with E-state index in [1.807, 2.05) is 0 Å². The van der Waals surface area contributed by atoms with Crippen LogP contribution in [-0.2, 0) is 14.3 Å². The number of hydrogen-bond acceptors (Lipinski definition) is 7. The maximum Gasteiger partial charge on any atom is 0.309 e. The van der Waals surface area contributed by atoms with Crippen LogP contribution in [0.2, 0.25) is 0 Å². The first kappa shape index (κ1) is 32.2. The number of carboxylic acid groups (broad SMARTS) is 1. The molecule has 0 spiro atoms. The summed E-state index contributed by atoms with van der Waals surface area (Å²) in [5.74, 6) is 0.749. The number of aliphatic hydroxyl groups excluding tert-OH is 4. The van der Waals surface area contributed by atoms with Crippen molar-refractivity contribution in [3.8, 4) is 0 Å². The second-order valence-corrected chi connectivity index (χ2v) is 17.7. The van der Waals surface area contributed by atoms with Crippen LogP contribution in [0.5, 0.6) is 0 Å².